The fourth-order valence-corrected chi connectivity index (χ4v) is 5.50. The SMILES string of the molecule is Cc1ccn2nc([C@H](C)Nc3ncnc4[nH]cc(-c5cc(NC(N)=O)cc6[nH]ccc56)c34)n(-c3ccccc3)c(=O)c12. The maximum absolute atomic E-state index is 13.8. The van der Waals surface area contributed by atoms with E-state index in [2.05, 4.69) is 30.6 Å². The molecule has 5 heterocycles. The highest BCUT2D eigenvalue weighted by Gasteiger charge is 2.22. The molecule has 1 atom stereocenters. The molecule has 12 nitrogen and oxygen atoms in total. The van der Waals surface area contributed by atoms with Crippen molar-refractivity contribution >= 4 is 45.0 Å². The van der Waals surface area contributed by atoms with Crippen LogP contribution in [0.3, 0.4) is 0 Å². The number of aromatic nitrogens is 7. The Morgan fingerprint density at radius 3 is 2.69 bits per heavy atom. The highest BCUT2D eigenvalue weighted by molar-refractivity contribution is 6.09. The molecule has 6 N–H and O–H groups in total. The molecule has 0 unspecified atom stereocenters. The third-order valence-corrected chi connectivity index (χ3v) is 7.36. The average molecular weight is 559 g/mol. The summed E-state index contributed by atoms with van der Waals surface area (Å²) in [7, 11) is 0. The van der Waals surface area contributed by atoms with Crippen LogP contribution in [-0.2, 0) is 0 Å². The number of anilines is 2. The van der Waals surface area contributed by atoms with Crippen molar-refractivity contribution in [1.29, 1.82) is 0 Å². The first-order chi connectivity index (χ1) is 20.4. The normalized spacial score (nSPS) is 12.2. The number of urea groups is 1. The largest absolute Gasteiger partial charge is 0.361 e. The summed E-state index contributed by atoms with van der Waals surface area (Å²) in [5, 5.41) is 12.7. The van der Waals surface area contributed by atoms with Crippen molar-refractivity contribution in [1.82, 2.24) is 34.1 Å². The van der Waals surface area contributed by atoms with Gasteiger partial charge in [0, 0.05) is 40.7 Å². The first kappa shape index (κ1) is 25.1. The Morgan fingerprint density at radius 1 is 1.05 bits per heavy atom. The van der Waals surface area contributed by atoms with E-state index in [1.807, 2.05) is 80.8 Å². The van der Waals surface area contributed by atoms with Gasteiger partial charge in [-0.2, -0.15) is 5.10 Å². The molecular weight excluding hydrogens is 532 g/mol. The predicted molar refractivity (Wildman–Crippen MR) is 162 cm³/mol. The maximum atomic E-state index is 13.8. The fourth-order valence-electron chi connectivity index (χ4n) is 5.50. The molecule has 0 bridgehead atoms. The lowest BCUT2D eigenvalue weighted by atomic mass is 10.0. The summed E-state index contributed by atoms with van der Waals surface area (Å²) in [6.07, 6.45) is 6.96. The van der Waals surface area contributed by atoms with Gasteiger partial charge in [0.05, 0.1) is 17.1 Å². The molecule has 208 valence electrons. The van der Waals surface area contributed by atoms with Crippen LogP contribution in [-0.4, -0.2) is 40.1 Å². The molecule has 7 aromatic rings. The van der Waals surface area contributed by atoms with E-state index in [9.17, 15) is 9.59 Å². The lowest BCUT2D eigenvalue weighted by molar-refractivity contribution is 0.259. The second kappa shape index (κ2) is 9.63. The molecule has 0 fully saturated rings. The van der Waals surface area contributed by atoms with Crippen molar-refractivity contribution in [2.45, 2.75) is 19.9 Å². The third kappa shape index (κ3) is 4.04. The number of H-pyrrole nitrogens is 2. The minimum absolute atomic E-state index is 0.161. The molecule has 0 aliphatic heterocycles. The monoisotopic (exact) mass is 558 g/mol. The maximum Gasteiger partial charge on any atom is 0.316 e. The van der Waals surface area contributed by atoms with E-state index in [1.165, 1.54) is 6.33 Å². The number of hydrogen-bond donors (Lipinski definition) is 5. The summed E-state index contributed by atoms with van der Waals surface area (Å²) in [6, 6.07) is 15.9. The zero-order valence-electron chi connectivity index (χ0n) is 22.7. The standard InChI is InChI=1S/C30H26N10O2/c1-16-9-11-39-25(16)29(41)40(19-6-4-3-5-7-19)28(38-39)17(2)36-27-24-22(14-33-26(24)34-15-35-27)21-12-18(37-30(31)42)13-23-20(21)8-10-32-23/h3-15,17,32H,1-2H3,(H3,31,37,42)(H2,33,34,35,36)/t17-/m0/s1. The van der Waals surface area contributed by atoms with Crippen molar-refractivity contribution < 1.29 is 4.79 Å². The molecule has 7 rings (SSSR count). The first-order valence-electron chi connectivity index (χ1n) is 13.3. The molecule has 12 heteroatoms. The van der Waals surface area contributed by atoms with Crippen LogP contribution in [0.5, 0.6) is 0 Å². The summed E-state index contributed by atoms with van der Waals surface area (Å²) in [4.78, 5) is 40.9. The Hall–Kier alpha value is -5.91. The van der Waals surface area contributed by atoms with Gasteiger partial charge in [-0.05, 0) is 61.4 Å². The number of para-hydroxylation sites is 1. The van der Waals surface area contributed by atoms with Crippen LogP contribution in [0.25, 0.3) is 44.3 Å². The van der Waals surface area contributed by atoms with Gasteiger partial charge in [-0.3, -0.25) is 9.36 Å². The quantitative estimate of drug-likeness (QED) is 0.195. The van der Waals surface area contributed by atoms with E-state index >= 15 is 0 Å². The van der Waals surface area contributed by atoms with Crippen LogP contribution in [0.4, 0.5) is 16.3 Å². The van der Waals surface area contributed by atoms with Gasteiger partial charge in [-0.1, -0.05) is 18.2 Å². The van der Waals surface area contributed by atoms with Crippen LogP contribution in [0.1, 0.15) is 24.4 Å². The van der Waals surface area contributed by atoms with E-state index in [1.54, 1.807) is 15.3 Å². The summed E-state index contributed by atoms with van der Waals surface area (Å²) >= 11 is 0. The van der Waals surface area contributed by atoms with Gasteiger partial charge in [-0.25, -0.2) is 19.3 Å². The highest BCUT2D eigenvalue weighted by Crippen LogP contribution is 2.38. The van der Waals surface area contributed by atoms with Gasteiger partial charge in [0.2, 0.25) is 0 Å². The Kier molecular flexibility index (Phi) is 5.75. The number of carbonyl (C=O) groups is 1. The first-order valence-corrected chi connectivity index (χ1v) is 13.3. The lowest BCUT2D eigenvalue weighted by Gasteiger charge is -2.20. The Morgan fingerprint density at radius 2 is 1.88 bits per heavy atom. The number of rotatable bonds is 6. The van der Waals surface area contributed by atoms with E-state index in [-0.39, 0.29) is 5.56 Å². The van der Waals surface area contributed by atoms with Crippen LogP contribution in [0.15, 0.2) is 84.3 Å². The smallest absolute Gasteiger partial charge is 0.316 e. The molecule has 5 aromatic heterocycles. The molecule has 0 aliphatic rings. The number of hydrogen-bond acceptors (Lipinski definition) is 6. The van der Waals surface area contributed by atoms with E-state index in [0.717, 1.165) is 33.0 Å². The Labute approximate surface area is 238 Å². The summed E-state index contributed by atoms with van der Waals surface area (Å²) in [5.74, 6) is 1.07. The fraction of sp³-hybridized carbons (Fsp3) is 0.100. The van der Waals surface area contributed by atoms with Gasteiger partial charge >= 0.3 is 6.03 Å². The van der Waals surface area contributed by atoms with Gasteiger partial charge in [0.25, 0.3) is 5.56 Å². The van der Waals surface area contributed by atoms with Crippen molar-refractivity contribution in [3.63, 3.8) is 0 Å². The third-order valence-electron chi connectivity index (χ3n) is 7.36. The molecular formula is C30H26N10O2. The molecule has 0 radical (unpaired) electrons. The van der Waals surface area contributed by atoms with Crippen LogP contribution < -0.4 is 21.9 Å². The van der Waals surface area contributed by atoms with E-state index in [4.69, 9.17) is 10.8 Å². The Bertz CT molecular complexity index is 2190. The molecule has 0 saturated carbocycles. The number of carbonyl (C=O) groups excluding carboxylic acids is 1. The highest BCUT2D eigenvalue weighted by atomic mass is 16.2. The van der Waals surface area contributed by atoms with Gasteiger partial charge in [0.1, 0.15) is 23.3 Å². The van der Waals surface area contributed by atoms with Crippen molar-refractivity contribution in [2.24, 2.45) is 5.73 Å². The average Bonchev–Trinajstić information content (AvgIpc) is 3.71. The number of aromatic amines is 2. The zero-order valence-corrected chi connectivity index (χ0v) is 22.7. The van der Waals surface area contributed by atoms with Crippen LogP contribution in [0.2, 0.25) is 0 Å². The summed E-state index contributed by atoms with van der Waals surface area (Å²) in [5.41, 5.74) is 11.0. The minimum Gasteiger partial charge on any atom is -0.361 e. The zero-order chi connectivity index (χ0) is 29.0. The molecule has 42 heavy (non-hydrogen) atoms. The summed E-state index contributed by atoms with van der Waals surface area (Å²) in [6.45, 7) is 3.83. The number of fused-ring (bicyclic) bond motifs is 3. The number of nitrogens with zero attached hydrogens (tertiary/aromatic N) is 5. The topological polar surface area (TPSA) is 164 Å². The van der Waals surface area contributed by atoms with Crippen molar-refractivity contribution in [3.8, 4) is 16.8 Å². The molecule has 0 spiro atoms. The van der Waals surface area contributed by atoms with E-state index in [0.29, 0.717) is 34.2 Å². The predicted octanol–water partition coefficient (Wildman–Crippen LogP) is 4.88. The van der Waals surface area contributed by atoms with Crippen molar-refractivity contribution in [3.05, 3.63) is 101 Å². The van der Waals surface area contributed by atoms with Gasteiger partial charge in [-0.15, -0.1) is 0 Å². The number of amides is 2. The molecule has 0 saturated heterocycles. The minimum atomic E-state index is -0.655. The second-order valence-corrected chi connectivity index (χ2v) is 10.1. The number of nitrogens with two attached hydrogens (primary N) is 1. The second-order valence-electron chi connectivity index (χ2n) is 10.1. The van der Waals surface area contributed by atoms with Crippen LogP contribution in [0, 0.1) is 6.92 Å². The lowest BCUT2D eigenvalue weighted by Crippen LogP contribution is -2.29. The van der Waals surface area contributed by atoms with Crippen LogP contribution >= 0.6 is 0 Å². The summed E-state index contributed by atoms with van der Waals surface area (Å²) < 4.78 is 3.26. The Balaban J connectivity index is 1.38. The number of nitrogens with one attached hydrogen (secondary N) is 4. The molecule has 2 aromatic carbocycles. The van der Waals surface area contributed by atoms with Crippen molar-refractivity contribution in [2.75, 3.05) is 10.6 Å². The van der Waals surface area contributed by atoms with Gasteiger partial charge < -0.3 is 26.3 Å². The number of benzene rings is 2. The molecule has 2 amide bonds. The van der Waals surface area contributed by atoms with E-state index < -0.39 is 12.1 Å². The number of aryl methyl sites for hydroxylation is 1. The van der Waals surface area contributed by atoms with Gasteiger partial charge in [0.15, 0.2) is 5.82 Å². The number of primary amides is 1. The molecule has 0 aliphatic carbocycles.